The average molecular weight is 313 g/mol. The van der Waals surface area contributed by atoms with E-state index in [2.05, 4.69) is 18.3 Å². The van der Waals surface area contributed by atoms with Gasteiger partial charge in [-0.15, -0.1) is 0 Å². The molecular weight excluding hydrogens is 286 g/mol. The molecule has 0 unspecified atom stereocenters. The van der Waals surface area contributed by atoms with E-state index in [0.717, 1.165) is 49.1 Å². The average Bonchev–Trinajstić information content (AvgIpc) is 2.52. The Morgan fingerprint density at radius 3 is 2.71 bits per heavy atom. The lowest BCUT2D eigenvalue weighted by atomic mass is 10.2. The second kappa shape index (κ2) is 11.7. The van der Waals surface area contributed by atoms with Crippen LogP contribution < -0.4 is 14.8 Å². The summed E-state index contributed by atoms with van der Waals surface area (Å²) >= 11 is 1.94. The van der Waals surface area contributed by atoms with Gasteiger partial charge in [-0.1, -0.05) is 13.0 Å². The third-order valence-electron chi connectivity index (χ3n) is 2.93. The lowest BCUT2D eigenvalue weighted by molar-refractivity contribution is 0.199. The van der Waals surface area contributed by atoms with Crippen molar-refractivity contribution < 1.29 is 14.2 Å². The Balaban J connectivity index is 2.42. The van der Waals surface area contributed by atoms with E-state index in [-0.39, 0.29) is 0 Å². The molecule has 0 amide bonds. The van der Waals surface area contributed by atoms with E-state index in [1.54, 1.807) is 14.2 Å². The Kier molecular flexibility index (Phi) is 10.1. The van der Waals surface area contributed by atoms with Crippen LogP contribution in [-0.2, 0) is 11.3 Å². The van der Waals surface area contributed by atoms with E-state index in [0.29, 0.717) is 6.61 Å². The van der Waals surface area contributed by atoms with Crippen LogP contribution in [0.25, 0.3) is 0 Å². The fraction of sp³-hybridized carbons (Fsp3) is 0.625. The summed E-state index contributed by atoms with van der Waals surface area (Å²) in [4.78, 5) is 0. The van der Waals surface area contributed by atoms with Gasteiger partial charge in [0.1, 0.15) is 0 Å². The van der Waals surface area contributed by atoms with Crippen LogP contribution in [0.15, 0.2) is 18.2 Å². The molecule has 0 spiro atoms. The van der Waals surface area contributed by atoms with Gasteiger partial charge in [0.05, 0.1) is 20.3 Å². The Bertz CT molecular complexity index is 388. The number of methoxy groups -OCH3 is 2. The van der Waals surface area contributed by atoms with E-state index in [1.165, 1.54) is 5.56 Å². The van der Waals surface area contributed by atoms with E-state index in [1.807, 2.05) is 23.9 Å². The zero-order valence-corrected chi connectivity index (χ0v) is 14.1. The molecule has 0 aliphatic carbocycles. The van der Waals surface area contributed by atoms with E-state index < -0.39 is 0 Å². The first-order valence-electron chi connectivity index (χ1n) is 7.39. The molecule has 5 heteroatoms. The second-order valence-corrected chi connectivity index (χ2v) is 5.95. The molecule has 0 heterocycles. The van der Waals surface area contributed by atoms with Gasteiger partial charge in [-0.2, -0.15) is 11.8 Å². The van der Waals surface area contributed by atoms with Crippen LogP contribution in [0, 0.1) is 0 Å². The molecule has 0 saturated heterocycles. The van der Waals surface area contributed by atoms with E-state index >= 15 is 0 Å². The molecule has 21 heavy (non-hydrogen) atoms. The van der Waals surface area contributed by atoms with Crippen LogP contribution in [0.1, 0.15) is 18.9 Å². The normalized spacial score (nSPS) is 10.6. The van der Waals surface area contributed by atoms with Crippen molar-refractivity contribution in [3.05, 3.63) is 23.8 Å². The molecule has 4 nitrogen and oxygen atoms in total. The van der Waals surface area contributed by atoms with Crippen molar-refractivity contribution in [3.63, 3.8) is 0 Å². The number of rotatable bonds is 12. The molecule has 1 aromatic carbocycles. The van der Waals surface area contributed by atoms with Crippen LogP contribution in [0.3, 0.4) is 0 Å². The molecule has 0 saturated carbocycles. The number of benzene rings is 1. The van der Waals surface area contributed by atoms with Crippen LogP contribution in [0.2, 0.25) is 0 Å². The first kappa shape index (κ1) is 18.1. The fourth-order valence-corrected chi connectivity index (χ4v) is 2.45. The molecule has 0 radical (unpaired) electrons. The summed E-state index contributed by atoms with van der Waals surface area (Å²) in [7, 11) is 3.38. The van der Waals surface area contributed by atoms with Crippen molar-refractivity contribution in [2.45, 2.75) is 19.9 Å². The molecule has 120 valence electrons. The summed E-state index contributed by atoms with van der Waals surface area (Å²) in [5.74, 6) is 3.91. The molecule has 1 aromatic rings. The SMILES string of the molecule is CCSCCCOc1ccc(CNCCOC)cc1OC. The monoisotopic (exact) mass is 313 g/mol. The van der Waals surface area contributed by atoms with Crippen LogP contribution in [0.4, 0.5) is 0 Å². The Morgan fingerprint density at radius 2 is 2.00 bits per heavy atom. The van der Waals surface area contributed by atoms with E-state index in [4.69, 9.17) is 14.2 Å². The maximum Gasteiger partial charge on any atom is 0.161 e. The van der Waals surface area contributed by atoms with Gasteiger partial charge in [0.25, 0.3) is 0 Å². The molecule has 0 aliphatic heterocycles. The van der Waals surface area contributed by atoms with Crippen LogP contribution >= 0.6 is 11.8 Å². The summed E-state index contributed by atoms with van der Waals surface area (Å²) in [6.45, 7) is 5.26. The molecule has 0 bridgehead atoms. The molecule has 1 rings (SSSR count). The van der Waals surface area contributed by atoms with Gasteiger partial charge < -0.3 is 19.5 Å². The summed E-state index contributed by atoms with van der Waals surface area (Å²) < 4.78 is 16.2. The number of ether oxygens (including phenoxy) is 3. The summed E-state index contributed by atoms with van der Waals surface area (Å²) in [6, 6.07) is 6.08. The largest absolute Gasteiger partial charge is 0.493 e. The summed E-state index contributed by atoms with van der Waals surface area (Å²) in [5.41, 5.74) is 1.18. The molecule has 0 aliphatic rings. The molecule has 1 N–H and O–H groups in total. The van der Waals surface area contributed by atoms with Gasteiger partial charge in [-0.25, -0.2) is 0 Å². The fourth-order valence-electron chi connectivity index (χ4n) is 1.84. The number of hydrogen-bond acceptors (Lipinski definition) is 5. The Hall–Kier alpha value is -0.910. The predicted octanol–water partition coefficient (Wildman–Crippen LogP) is 2.95. The van der Waals surface area contributed by atoms with Gasteiger partial charge in [0.15, 0.2) is 11.5 Å². The highest BCUT2D eigenvalue weighted by molar-refractivity contribution is 7.99. The smallest absolute Gasteiger partial charge is 0.161 e. The van der Waals surface area contributed by atoms with Crippen molar-refractivity contribution in [1.29, 1.82) is 0 Å². The van der Waals surface area contributed by atoms with E-state index in [9.17, 15) is 0 Å². The molecule has 0 aromatic heterocycles. The van der Waals surface area contributed by atoms with Crippen molar-refractivity contribution >= 4 is 11.8 Å². The van der Waals surface area contributed by atoms with Crippen molar-refractivity contribution in [1.82, 2.24) is 5.32 Å². The molecular formula is C16H27NO3S. The lowest BCUT2D eigenvalue weighted by Gasteiger charge is -2.12. The quantitative estimate of drug-likeness (QED) is 0.601. The van der Waals surface area contributed by atoms with Crippen molar-refractivity contribution in [2.24, 2.45) is 0 Å². The van der Waals surface area contributed by atoms with Crippen LogP contribution in [-0.4, -0.2) is 45.5 Å². The van der Waals surface area contributed by atoms with Crippen molar-refractivity contribution in [3.8, 4) is 11.5 Å². The number of thioether (sulfide) groups is 1. The standard InChI is InChI=1S/C16H27NO3S/c1-4-21-11-5-9-20-15-7-6-14(12-16(15)19-3)13-17-8-10-18-2/h6-7,12,17H,4-5,8-11,13H2,1-3H3. The van der Waals surface area contributed by atoms with Crippen LogP contribution in [0.5, 0.6) is 11.5 Å². The summed E-state index contributed by atoms with van der Waals surface area (Å²) in [6.07, 6.45) is 1.06. The van der Waals surface area contributed by atoms with Crippen molar-refractivity contribution in [2.75, 3.05) is 45.5 Å². The summed E-state index contributed by atoms with van der Waals surface area (Å²) in [5, 5.41) is 3.32. The maximum absolute atomic E-state index is 5.79. The highest BCUT2D eigenvalue weighted by atomic mass is 32.2. The Morgan fingerprint density at radius 1 is 1.14 bits per heavy atom. The number of hydrogen-bond donors (Lipinski definition) is 1. The zero-order valence-electron chi connectivity index (χ0n) is 13.3. The number of nitrogens with one attached hydrogen (secondary N) is 1. The Labute approximate surface area is 132 Å². The van der Waals surface area contributed by atoms with Gasteiger partial charge in [0.2, 0.25) is 0 Å². The van der Waals surface area contributed by atoms with Gasteiger partial charge in [-0.3, -0.25) is 0 Å². The molecule has 0 atom stereocenters. The minimum Gasteiger partial charge on any atom is -0.493 e. The first-order valence-corrected chi connectivity index (χ1v) is 8.54. The first-order chi connectivity index (χ1) is 10.3. The highest BCUT2D eigenvalue weighted by Gasteiger charge is 2.05. The molecule has 0 fully saturated rings. The third-order valence-corrected chi connectivity index (χ3v) is 3.92. The third kappa shape index (κ3) is 7.60. The second-order valence-electron chi connectivity index (χ2n) is 4.55. The minimum absolute atomic E-state index is 0.716. The maximum atomic E-state index is 5.79. The highest BCUT2D eigenvalue weighted by Crippen LogP contribution is 2.28. The van der Waals surface area contributed by atoms with Gasteiger partial charge in [-0.05, 0) is 35.6 Å². The van der Waals surface area contributed by atoms with Gasteiger partial charge >= 0.3 is 0 Å². The zero-order chi connectivity index (χ0) is 15.3. The lowest BCUT2D eigenvalue weighted by Crippen LogP contribution is -2.18. The predicted molar refractivity (Wildman–Crippen MR) is 89.7 cm³/mol. The minimum atomic E-state index is 0.716. The topological polar surface area (TPSA) is 39.7 Å². The van der Waals surface area contributed by atoms with Gasteiger partial charge in [0, 0.05) is 20.2 Å².